The van der Waals surface area contributed by atoms with Crippen LogP contribution in [0.1, 0.15) is 15.9 Å². The van der Waals surface area contributed by atoms with Gasteiger partial charge in [0.05, 0.1) is 23.7 Å². The fourth-order valence-corrected chi connectivity index (χ4v) is 4.14. The zero-order valence-corrected chi connectivity index (χ0v) is 16.7. The van der Waals surface area contributed by atoms with Gasteiger partial charge in [0.1, 0.15) is 5.82 Å². The Balaban J connectivity index is 1.56. The Morgan fingerprint density at radius 1 is 1.00 bits per heavy atom. The van der Waals surface area contributed by atoms with Crippen LogP contribution in [0.2, 0.25) is 0 Å². The first-order valence-corrected chi connectivity index (χ1v) is 10.5. The number of rotatable bonds is 5. The molecule has 2 aromatic rings. The van der Waals surface area contributed by atoms with E-state index in [0.717, 1.165) is 12.1 Å². The average molecular weight is 433 g/mol. The molecular weight excluding hydrogens is 413 g/mol. The molecule has 1 heterocycles. The Morgan fingerprint density at radius 3 is 2.33 bits per heavy atom. The van der Waals surface area contributed by atoms with E-state index in [1.807, 2.05) is 0 Å². The monoisotopic (exact) mass is 433 g/mol. The van der Waals surface area contributed by atoms with Crippen molar-refractivity contribution in [1.82, 2.24) is 15.2 Å². The van der Waals surface area contributed by atoms with Crippen LogP contribution in [0.4, 0.5) is 4.39 Å². The largest absolute Gasteiger partial charge is 0.379 e. The van der Waals surface area contributed by atoms with E-state index in [1.54, 1.807) is 12.1 Å². The lowest BCUT2D eigenvalue weighted by Crippen LogP contribution is -2.41. The molecule has 3 rings (SSSR count). The molecule has 1 aliphatic rings. The predicted octanol–water partition coefficient (Wildman–Crippen LogP) is 1.32. The summed E-state index contributed by atoms with van der Waals surface area (Å²) < 4.78 is 45.2. The number of benzene rings is 2. The molecule has 0 unspecified atom stereocenters. The molecule has 2 aromatic carbocycles. The van der Waals surface area contributed by atoms with Gasteiger partial charge in [0.15, 0.2) is 0 Å². The van der Waals surface area contributed by atoms with Gasteiger partial charge in [-0.2, -0.15) is 4.31 Å². The molecule has 1 aliphatic heterocycles. The number of nitrogens with one attached hydrogen (secondary N) is 2. The van der Waals surface area contributed by atoms with Gasteiger partial charge in [-0.15, -0.1) is 0 Å². The lowest BCUT2D eigenvalue weighted by Gasteiger charge is -2.26. The van der Waals surface area contributed by atoms with Gasteiger partial charge in [0.2, 0.25) is 10.0 Å². The van der Waals surface area contributed by atoms with E-state index < -0.39 is 27.7 Å². The summed E-state index contributed by atoms with van der Waals surface area (Å²) in [6.07, 6.45) is 2.61. The Bertz CT molecular complexity index is 1050. The van der Waals surface area contributed by atoms with E-state index in [2.05, 4.69) is 10.9 Å². The average Bonchev–Trinajstić information content (AvgIpc) is 2.77. The molecule has 30 heavy (non-hydrogen) atoms. The fraction of sp³-hybridized carbons (Fsp3) is 0.200. The van der Waals surface area contributed by atoms with Crippen LogP contribution in [0.5, 0.6) is 0 Å². The molecule has 0 bridgehead atoms. The highest BCUT2D eigenvalue weighted by Gasteiger charge is 2.25. The Hall–Kier alpha value is -3.08. The number of morpholine rings is 1. The summed E-state index contributed by atoms with van der Waals surface area (Å²) in [6, 6.07) is 11.4. The van der Waals surface area contributed by atoms with Gasteiger partial charge < -0.3 is 4.74 Å². The summed E-state index contributed by atoms with van der Waals surface area (Å²) in [5, 5.41) is 0. The third-order valence-electron chi connectivity index (χ3n) is 4.33. The number of ether oxygens (including phenoxy) is 1. The minimum absolute atomic E-state index is 0.156. The molecule has 10 heteroatoms. The zero-order valence-electron chi connectivity index (χ0n) is 15.9. The molecule has 0 atom stereocenters. The van der Waals surface area contributed by atoms with Crippen molar-refractivity contribution in [3.63, 3.8) is 0 Å². The standard InChI is InChI=1S/C20H20FN3O5S/c21-18-4-2-1-3-17(18)20(26)23-22-19(25)10-7-15-5-8-16(9-6-15)30(27,28)24-11-13-29-14-12-24/h1-10H,11-14H2,(H,22,25)(H,23,26). The van der Waals surface area contributed by atoms with E-state index in [9.17, 15) is 22.4 Å². The lowest BCUT2D eigenvalue weighted by atomic mass is 10.2. The molecule has 0 saturated carbocycles. The summed E-state index contributed by atoms with van der Waals surface area (Å²) in [5.41, 5.74) is 4.66. The summed E-state index contributed by atoms with van der Waals surface area (Å²) in [7, 11) is -3.59. The van der Waals surface area contributed by atoms with Crippen molar-refractivity contribution in [2.45, 2.75) is 4.90 Å². The molecule has 0 aliphatic carbocycles. The Kier molecular flexibility index (Phi) is 6.93. The second-order valence-corrected chi connectivity index (χ2v) is 8.28. The van der Waals surface area contributed by atoms with Gasteiger partial charge >= 0.3 is 0 Å². The van der Waals surface area contributed by atoms with Gasteiger partial charge in [-0.25, -0.2) is 12.8 Å². The van der Waals surface area contributed by atoms with Crippen LogP contribution in [-0.4, -0.2) is 50.8 Å². The van der Waals surface area contributed by atoms with Crippen molar-refractivity contribution < 1.29 is 27.1 Å². The molecule has 2 N–H and O–H groups in total. The number of hydrazine groups is 1. The number of nitrogens with zero attached hydrogens (tertiary/aromatic N) is 1. The van der Waals surface area contributed by atoms with E-state index in [1.165, 1.54) is 40.7 Å². The van der Waals surface area contributed by atoms with Crippen LogP contribution in [0.3, 0.4) is 0 Å². The maximum Gasteiger partial charge on any atom is 0.272 e. The van der Waals surface area contributed by atoms with E-state index in [4.69, 9.17) is 4.74 Å². The predicted molar refractivity (Wildman–Crippen MR) is 107 cm³/mol. The highest BCUT2D eigenvalue weighted by molar-refractivity contribution is 7.89. The molecule has 1 saturated heterocycles. The number of sulfonamides is 1. The van der Waals surface area contributed by atoms with E-state index in [-0.39, 0.29) is 10.5 Å². The van der Waals surface area contributed by atoms with Crippen LogP contribution in [0, 0.1) is 5.82 Å². The number of hydrogen-bond donors (Lipinski definition) is 2. The number of hydrogen-bond acceptors (Lipinski definition) is 5. The van der Waals surface area contributed by atoms with Crippen LogP contribution in [-0.2, 0) is 19.6 Å². The first-order chi connectivity index (χ1) is 14.4. The van der Waals surface area contributed by atoms with Crippen molar-refractivity contribution in [1.29, 1.82) is 0 Å². The molecule has 2 amide bonds. The summed E-state index contributed by atoms with van der Waals surface area (Å²) in [5.74, 6) is -2.12. The van der Waals surface area contributed by atoms with Gasteiger partial charge in [0, 0.05) is 19.2 Å². The molecule has 0 spiro atoms. The maximum absolute atomic E-state index is 13.5. The Morgan fingerprint density at radius 2 is 1.67 bits per heavy atom. The minimum Gasteiger partial charge on any atom is -0.379 e. The van der Waals surface area contributed by atoms with Crippen molar-refractivity contribution in [2.24, 2.45) is 0 Å². The zero-order chi connectivity index (χ0) is 21.6. The van der Waals surface area contributed by atoms with E-state index >= 15 is 0 Å². The molecule has 1 fully saturated rings. The quantitative estimate of drug-likeness (QED) is 0.547. The fourth-order valence-electron chi connectivity index (χ4n) is 2.73. The molecule has 158 valence electrons. The van der Waals surface area contributed by atoms with Gasteiger partial charge in [-0.3, -0.25) is 20.4 Å². The third kappa shape index (κ3) is 5.29. The molecule has 0 aromatic heterocycles. The second-order valence-electron chi connectivity index (χ2n) is 6.34. The Labute approximate surface area is 173 Å². The molecule has 8 nitrogen and oxygen atoms in total. The second kappa shape index (κ2) is 9.61. The summed E-state index contributed by atoms with van der Waals surface area (Å²) >= 11 is 0. The number of carbonyl (C=O) groups is 2. The topological polar surface area (TPSA) is 105 Å². The lowest BCUT2D eigenvalue weighted by molar-refractivity contribution is -0.117. The van der Waals surface area contributed by atoms with Crippen molar-refractivity contribution in [3.8, 4) is 0 Å². The maximum atomic E-state index is 13.5. The van der Waals surface area contributed by atoms with Crippen LogP contribution in [0.15, 0.2) is 59.5 Å². The van der Waals surface area contributed by atoms with Crippen LogP contribution in [0.25, 0.3) is 6.08 Å². The first kappa shape index (κ1) is 21.6. The highest BCUT2D eigenvalue weighted by Crippen LogP contribution is 2.18. The van der Waals surface area contributed by atoms with Gasteiger partial charge in [0.25, 0.3) is 11.8 Å². The first-order valence-electron chi connectivity index (χ1n) is 9.09. The van der Waals surface area contributed by atoms with Crippen molar-refractivity contribution in [2.75, 3.05) is 26.3 Å². The van der Waals surface area contributed by atoms with Gasteiger partial charge in [-0.1, -0.05) is 24.3 Å². The van der Waals surface area contributed by atoms with Gasteiger partial charge in [-0.05, 0) is 35.9 Å². The molecular formula is C20H20FN3O5S. The highest BCUT2D eigenvalue weighted by atomic mass is 32.2. The minimum atomic E-state index is -3.59. The SMILES string of the molecule is O=C(C=Cc1ccc(S(=O)(=O)N2CCOCC2)cc1)NNC(=O)c1ccccc1F. The van der Waals surface area contributed by atoms with Crippen LogP contribution >= 0.6 is 0 Å². The number of carbonyl (C=O) groups excluding carboxylic acids is 2. The normalized spacial score (nSPS) is 15.1. The molecule has 0 radical (unpaired) electrons. The smallest absolute Gasteiger partial charge is 0.272 e. The van der Waals surface area contributed by atoms with E-state index in [0.29, 0.717) is 31.9 Å². The van der Waals surface area contributed by atoms with Crippen LogP contribution < -0.4 is 10.9 Å². The third-order valence-corrected chi connectivity index (χ3v) is 6.25. The summed E-state index contributed by atoms with van der Waals surface area (Å²) in [6.45, 7) is 1.34. The summed E-state index contributed by atoms with van der Waals surface area (Å²) in [4.78, 5) is 23.9. The number of amides is 2. The number of halogens is 1. The van der Waals surface area contributed by atoms with Crippen molar-refractivity contribution in [3.05, 3.63) is 71.6 Å². The van der Waals surface area contributed by atoms with Crippen molar-refractivity contribution >= 4 is 27.9 Å².